The second-order valence-electron chi connectivity index (χ2n) is 4.58. The van der Waals surface area contributed by atoms with Crippen LogP contribution in [0.3, 0.4) is 0 Å². The molecule has 3 heteroatoms. The third kappa shape index (κ3) is 3.58. The summed E-state index contributed by atoms with van der Waals surface area (Å²) in [7, 11) is 2.24. The Bertz CT molecular complexity index is 304. The summed E-state index contributed by atoms with van der Waals surface area (Å²) in [6.45, 7) is 2.38. The molecular formula is C12H18BrNS. The van der Waals surface area contributed by atoms with E-state index in [4.69, 9.17) is 0 Å². The van der Waals surface area contributed by atoms with Crippen molar-refractivity contribution in [3.63, 3.8) is 0 Å². The zero-order valence-corrected chi connectivity index (χ0v) is 11.6. The maximum absolute atomic E-state index is 3.50. The van der Waals surface area contributed by atoms with Gasteiger partial charge in [-0.1, -0.05) is 12.8 Å². The van der Waals surface area contributed by atoms with E-state index in [-0.39, 0.29) is 0 Å². The molecule has 0 atom stereocenters. The summed E-state index contributed by atoms with van der Waals surface area (Å²) >= 11 is 5.35. The maximum Gasteiger partial charge on any atom is 0.0325 e. The molecule has 1 aliphatic rings. The third-order valence-corrected chi connectivity index (χ3v) is 4.77. The minimum absolute atomic E-state index is 0.957. The van der Waals surface area contributed by atoms with Crippen LogP contribution >= 0.6 is 27.3 Å². The Kier molecular flexibility index (Phi) is 4.23. The summed E-state index contributed by atoms with van der Waals surface area (Å²) < 4.78 is 1.22. The van der Waals surface area contributed by atoms with Crippen LogP contribution in [0.15, 0.2) is 15.9 Å². The molecule has 15 heavy (non-hydrogen) atoms. The van der Waals surface area contributed by atoms with Gasteiger partial charge in [0.15, 0.2) is 0 Å². The first-order valence-corrected chi connectivity index (χ1v) is 7.33. The molecule has 0 aromatic carbocycles. The summed E-state index contributed by atoms with van der Waals surface area (Å²) in [5.41, 5.74) is 0. The monoisotopic (exact) mass is 287 g/mol. The van der Waals surface area contributed by atoms with E-state index in [1.54, 1.807) is 0 Å². The third-order valence-electron chi connectivity index (χ3n) is 3.09. The van der Waals surface area contributed by atoms with E-state index in [1.807, 2.05) is 11.3 Å². The fourth-order valence-corrected chi connectivity index (χ4v) is 3.93. The Balaban J connectivity index is 1.78. The molecule has 1 aliphatic carbocycles. The lowest BCUT2D eigenvalue weighted by Crippen LogP contribution is -2.23. The Morgan fingerprint density at radius 1 is 1.47 bits per heavy atom. The number of thiophene rings is 1. The molecular weight excluding hydrogens is 270 g/mol. The average Bonchev–Trinajstić information content (AvgIpc) is 2.77. The van der Waals surface area contributed by atoms with Gasteiger partial charge in [0.25, 0.3) is 0 Å². The van der Waals surface area contributed by atoms with Crippen LogP contribution in [0.2, 0.25) is 0 Å². The molecule has 1 saturated carbocycles. The second kappa shape index (κ2) is 5.46. The summed E-state index contributed by atoms with van der Waals surface area (Å²) in [6, 6.07) is 2.23. The lowest BCUT2D eigenvalue weighted by molar-refractivity contribution is 0.273. The number of halogens is 1. The highest BCUT2D eigenvalue weighted by Crippen LogP contribution is 2.26. The van der Waals surface area contributed by atoms with Crippen LogP contribution < -0.4 is 0 Å². The van der Waals surface area contributed by atoms with Crippen LogP contribution in [0.5, 0.6) is 0 Å². The fraction of sp³-hybridized carbons (Fsp3) is 0.667. The largest absolute Gasteiger partial charge is 0.301 e. The smallest absolute Gasteiger partial charge is 0.0325 e. The quantitative estimate of drug-likeness (QED) is 0.805. The van der Waals surface area contributed by atoms with Crippen molar-refractivity contribution in [3.05, 3.63) is 20.8 Å². The first-order valence-electron chi connectivity index (χ1n) is 5.65. The summed E-state index contributed by atoms with van der Waals surface area (Å²) in [6.07, 6.45) is 5.78. The molecule has 1 nitrogen and oxygen atoms in total. The molecule has 1 aromatic rings. The zero-order valence-electron chi connectivity index (χ0n) is 9.21. The summed E-state index contributed by atoms with van der Waals surface area (Å²) in [5, 5.41) is 2.17. The molecule has 0 aliphatic heterocycles. The van der Waals surface area contributed by atoms with E-state index >= 15 is 0 Å². The zero-order chi connectivity index (χ0) is 10.7. The van der Waals surface area contributed by atoms with Crippen LogP contribution in [-0.2, 0) is 6.54 Å². The van der Waals surface area contributed by atoms with Crippen molar-refractivity contribution in [1.29, 1.82) is 0 Å². The average molecular weight is 288 g/mol. The van der Waals surface area contributed by atoms with Gasteiger partial charge < -0.3 is 4.90 Å². The van der Waals surface area contributed by atoms with E-state index in [1.165, 1.54) is 41.6 Å². The molecule has 2 rings (SSSR count). The maximum atomic E-state index is 3.50. The topological polar surface area (TPSA) is 3.24 Å². The van der Waals surface area contributed by atoms with Gasteiger partial charge in [0.2, 0.25) is 0 Å². The van der Waals surface area contributed by atoms with Crippen molar-refractivity contribution in [2.45, 2.75) is 32.2 Å². The highest BCUT2D eigenvalue weighted by atomic mass is 79.9. The van der Waals surface area contributed by atoms with Crippen molar-refractivity contribution in [3.8, 4) is 0 Å². The molecule has 0 saturated heterocycles. The van der Waals surface area contributed by atoms with E-state index in [2.05, 4.69) is 39.3 Å². The van der Waals surface area contributed by atoms with E-state index in [0.717, 1.165) is 12.5 Å². The van der Waals surface area contributed by atoms with Gasteiger partial charge in [-0.2, -0.15) is 0 Å². The van der Waals surface area contributed by atoms with Crippen molar-refractivity contribution in [2.24, 2.45) is 5.92 Å². The second-order valence-corrected chi connectivity index (χ2v) is 6.49. The Hall–Kier alpha value is 0.140. The SMILES string of the molecule is CN(Cc1cc(Br)cs1)CC1CCCC1. The molecule has 0 bridgehead atoms. The van der Waals surface area contributed by atoms with Crippen LogP contribution in [0.4, 0.5) is 0 Å². The van der Waals surface area contributed by atoms with Gasteiger partial charge in [0, 0.05) is 27.8 Å². The highest BCUT2D eigenvalue weighted by molar-refractivity contribution is 9.10. The van der Waals surface area contributed by atoms with Crippen molar-refractivity contribution in [2.75, 3.05) is 13.6 Å². The van der Waals surface area contributed by atoms with E-state index in [0.29, 0.717) is 0 Å². The van der Waals surface area contributed by atoms with Crippen molar-refractivity contribution >= 4 is 27.3 Å². The molecule has 0 N–H and O–H groups in total. The van der Waals surface area contributed by atoms with Crippen LogP contribution in [0, 0.1) is 5.92 Å². The Morgan fingerprint density at radius 2 is 2.20 bits per heavy atom. The van der Waals surface area contributed by atoms with Gasteiger partial charge >= 0.3 is 0 Å². The number of hydrogen-bond donors (Lipinski definition) is 0. The van der Waals surface area contributed by atoms with Crippen LogP contribution in [0.1, 0.15) is 30.6 Å². The van der Waals surface area contributed by atoms with Gasteiger partial charge in [0.1, 0.15) is 0 Å². The predicted molar refractivity (Wildman–Crippen MR) is 70.3 cm³/mol. The van der Waals surface area contributed by atoms with Gasteiger partial charge in [-0.15, -0.1) is 11.3 Å². The van der Waals surface area contributed by atoms with Crippen LogP contribution in [0.25, 0.3) is 0 Å². The summed E-state index contributed by atoms with van der Waals surface area (Å²) in [4.78, 5) is 3.93. The first kappa shape index (κ1) is 11.6. The molecule has 0 amide bonds. The predicted octanol–water partition coefficient (Wildman–Crippen LogP) is 4.13. The molecule has 0 unspecified atom stereocenters. The molecule has 0 radical (unpaired) electrons. The molecule has 1 fully saturated rings. The lowest BCUT2D eigenvalue weighted by Gasteiger charge is -2.19. The Labute approximate surface area is 105 Å². The standard InChI is InChI=1S/C12H18BrNS/c1-14(7-10-4-2-3-5-10)8-12-6-11(13)9-15-12/h6,9-10H,2-5,7-8H2,1H3. The van der Waals surface area contributed by atoms with Gasteiger partial charge in [-0.25, -0.2) is 0 Å². The van der Waals surface area contributed by atoms with E-state index in [9.17, 15) is 0 Å². The minimum Gasteiger partial charge on any atom is -0.301 e. The number of nitrogens with zero attached hydrogens (tertiary/aromatic N) is 1. The van der Waals surface area contributed by atoms with E-state index < -0.39 is 0 Å². The normalized spacial score (nSPS) is 17.8. The van der Waals surface area contributed by atoms with Crippen molar-refractivity contribution in [1.82, 2.24) is 4.90 Å². The van der Waals surface area contributed by atoms with Crippen LogP contribution in [-0.4, -0.2) is 18.5 Å². The Morgan fingerprint density at radius 3 is 2.80 bits per heavy atom. The van der Waals surface area contributed by atoms with Gasteiger partial charge in [-0.05, 0) is 47.8 Å². The number of rotatable bonds is 4. The number of hydrogen-bond acceptors (Lipinski definition) is 2. The van der Waals surface area contributed by atoms with Crippen molar-refractivity contribution < 1.29 is 0 Å². The first-order chi connectivity index (χ1) is 7.24. The van der Waals surface area contributed by atoms with Gasteiger partial charge in [-0.3, -0.25) is 0 Å². The lowest BCUT2D eigenvalue weighted by atomic mass is 10.1. The molecule has 1 heterocycles. The molecule has 84 valence electrons. The minimum atomic E-state index is 0.957. The van der Waals surface area contributed by atoms with Gasteiger partial charge in [0.05, 0.1) is 0 Å². The fourth-order valence-electron chi connectivity index (χ4n) is 2.40. The highest BCUT2D eigenvalue weighted by Gasteiger charge is 2.16. The molecule has 1 aromatic heterocycles. The summed E-state index contributed by atoms with van der Waals surface area (Å²) in [5.74, 6) is 0.957. The molecule has 0 spiro atoms.